The molecule has 1 atom stereocenters. The van der Waals surface area contributed by atoms with Crippen molar-refractivity contribution in [2.24, 2.45) is 0 Å². The van der Waals surface area contributed by atoms with Crippen LogP contribution in [-0.2, 0) is 4.79 Å². The predicted octanol–water partition coefficient (Wildman–Crippen LogP) is 3.31. The largest absolute Gasteiger partial charge is 0.325 e. The zero-order valence-electron chi connectivity index (χ0n) is 10.4. The summed E-state index contributed by atoms with van der Waals surface area (Å²) in [4.78, 5) is 11.8. The van der Waals surface area contributed by atoms with Crippen molar-refractivity contribution in [2.45, 2.75) is 38.1 Å². The monoisotopic (exact) mass is 310 g/mol. The molecule has 1 fully saturated rings. The van der Waals surface area contributed by atoms with Gasteiger partial charge in [0.15, 0.2) is 0 Å². The number of nitrogens with one attached hydrogen (secondary N) is 2. The fraction of sp³-hybridized carbons (Fsp3) is 0.500. The standard InChI is InChI=1S/C14H19BrN2O/c15-12-6-1-2-7-13(12)17-14(18)9-8-11-5-3-4-10-16-11/h1-2,6-7,11,16H,3-5,8-10H2,(H,17,18). The number of carbonyl (C=O) groups is 1. The van der Waals surface area contributed by atoms with E-state index in [0.717, 1.165) is 23.1 Å². The molecule has 3 nitrogen and oxygen atoms in total. The number of benzene rings is 1. The van der Waals surface area contributed by atoms with E-state index in [-0.39, 0.29) is 5.91 Å². The minimum absolute atomic E-state index is 0.0919. The van der Waals surface area contributed by atoms with Crippen LogP contribution in [0.5, 0.6) is 0 Å². The maximum absolute atomic E-state index is 11.8. The zero-order valence-corrected chi connectivity index (χ0v) is 12.0. The average Bonchev–Trinajstić information content (AvgIpc) is 2.40. The summed E-state index contributed by atoms with van der Waals surface area (Å²) in [6.45, 7) is 1.09. The van der Waals surface area contributed by atoms with Crippen molar-refractivity contribution in [1.82, 2.24) is 5.32 Å². The van der Waals surface area contributed by atoms with E-state index in [9.17, 15) is 4.79 Å². The van der Waals surface area contributed by atoms with E-state index >= 15 is 0 Å². The maximum atomic E-state index is 11.8. The van der Waals surface area contributed by atoms with Crippen molar-refractivity contribution >= 4 is 27.5 Å². The Morgan fingerprint density at radius 2 is 2.22 bits per heavy atom. The number of halogens is 1. The minimum atomic E-state index is 0.0919. The van der Waals surface area contributed by atoms with Gasteiger partial charge in [0.25, 0.3) is 0 Å². The van der Waals surface area contributed by atoms with Crippen LogP contribution in [0.1, 0.15) is 32.1 Å². The molecule has 2 N–H and O–H groups in total. The maximum Gasteiger partial charge on any atom is 0.224 e. The number of carbonyl (C=O) groups excluding carboxylic acids is 1. The van der Waals surface area contributed by atoms with Gasteiger partial charge in [-0.05, 0) is 53.9 Å². The van der Waals surface area contributed by atoms with Gasteiger partial charge in [-0.1, -0.05) is 18.6 Å². The number of rotatable bonds is 4. The summed E-state index contributed by atoms with van der Waals surface area (Å²) in [6.07, 6.45) is 5.25. The Morgan fingerprint density at radius 3 is 2.94 bits per heavy atom. The molecule has 0 aromatic heterocycles. The Hall–Kier alpha value is -0.870. The van der Waals surface area contributed by atoms with Crippen molar-refractivity contribution in [3.8, 4) is 0 Å². The molecule has 1 aromatic carbocycles. The van der Waals surface area contributed by atoms with E-state index in [1.807, 2.05) is 24.3 Å². The SMILES string of the molecule is O=C(CCC1CCCCN1)Nc1ccccc1Br. The Labute approximate surface area is 116 Å². The van der Waals surface area contributed by atoms with E-state index < -0.39 is 0 Å². The van der Waals surface area contributed by atoms with Gasteiger partial charge >= 0.3 is 0 Å². The molecule has 0 bridgehead atoms. The first-order valence-electron chi connectivity index (χ1n) is 6.53. The molecule has 1 unspecified atom stereocenters. The van der Waals surface area contributed by atoms with Crippen LogP contribution in [0.3, 0.4) is 0 Å². The van der Waals surface area contributed by atoms with Gasteiger partial charge in [-0.25, -0.2) is 0 Å². The second-order valence-corrected chi connectivity index (χ2v) is 5.57. The average molecular weight is 311 g/mol. The fourth-order valence-electron chi connectivity index (χ4n) is 2.25. The number of hydrogen-bond donors (Lipinski definition) is 2. The van der Waals surface area contributed by atoms with Crippen molar-refractivity contribution in [1.29, 1.82) is 0 Å². The molecule has 1 aliphatic heterocycles. The van der Waals surface area contributed by atoms with Crippen LogP contribution >= 0.6 is 15.9 Å². The van der Waals surface area contributed by atoms with Gasteiger partial charge in [0.05, 0.1) is 5.69 Å². The lowest BCUT2D eigenvalue weighted by molar-refractivity contribution is -0.116. The van der Waals surface area contributed by atoms with Crippen LogP contribution in [0.15, 0.2) is 28.7 Å². The molecule has 1 aliphatic rings. The number of amides is 1. The summed E-state index contributed by atoms with van der Waals surface area (Å²) < 4.78 is 0.925. The van der Waals surface area contributed by atoms with E-state index in [2.05, 4.69) is 26.6 Å². The summed E-state index contributed by atoms with van der Waals surface area (Å²) in [5.74, 6) is 0.0919. The molecule has 1 amide bonds. The molecule has 0 aliphatic carbocycles. The Morgan fingerprint density at radius 1 is 1.39 bits per heavy atom. The van der Waals surface area contributed by atoms with Gasteiger partial charge in [-0.3, -0.25) is 4.79 Å². The molecular formula is C14H19BrN2O. The summed E-state index contributed by atoms with van der Waals surface area (Å²) >= 11 is 3.43. The first-order chi connectivity index (χ1) is 8.75. The Bertz CT molecular complexity index is 403. The third-order valence-electron chi connectivity index (χ3n) is 3.28. The van der Waals surface area contributed by atoms with Gasteiger partial charge < -0.3 is 10.6 Å². The molecule has 18 heavy (non-hydrogen) atoms. The van der Waals surface area contributed by atoms with Gasteiger partial charge in [-0.2, -0.15) is 0 Å². The first kappa shape index (κ1) is 13.6. The highest BCUT2D eigenvalue weighted by Gasteiger charge is 2.14. The lowest BCUT2D eigenvalue weighted by Crippen LogP contribution is -2.34. The second kappa shape index (κ2) is 6.90. The quantitative estimate of drug-likeness (QED) is 0.896. The predicted molar refractivity (Wildman–Crippen MR) is 77.6 cm³/mol. The lowest BCUT2D eigenvalue weighted by Gasteiger charge is -2.23. The van der Waals surface area contributed by atoms with E-state index in [4.69, 9.17) is 0 Å². The van der Waals surface area contributed by atoms with Crippen molar-refractivity contribution in [2.75, 3.05) is 11.9 Å². The van der Waals surface area contributed by atoms with Crippen molar-refractivity contribution in [3.05, 3.63) is 28.7 Å². The van der Waals surface area contributed by atoms with Crippen molar-refractivity contribution in [3.63, 3.8) is 0 Å². The molecule has 4 heteroatoms. The molecular weight excluding hydrogens is 292 g/mol. The summed E-state index contributed by atoms with van der Waals surface area (Å²) in [7, 11) is 0. The third kappa shape index (κ3) is 4.10. The molecule has 0 spiro atoms. The van der Waals surface area contributed by atoms with Gasteiger partial charge in [-0.15, -0.1) is 0 Å². The highest BCUT2D eigenvalue weighted by molar-refractivity contribution is 9.10. The highest BCUT2D eigenvalue weighted by Crippen LogP contribution is 2.21. The second-order valence-electron chi connectivity index (χ2n) is 4.71. The topological polar surface area (TPSA) is 41.1 Å². The van der Waals surface area contributed by atoms with Gasteiger partial charge in [0, 0.05) is 16.9 Å². The third-order valence-corrected chi connectivity index (χ3v) is 3.97. The molecule has 1 saturated heterocycles. The zero-order chi connectivity index (χ0) is 12.8. The fourth-order valence-corrected chi connectivity index (χ4v) is 2.63. The molecule has 2 rings (SSSR count). The van der Waals surface area contributed by atoms with Crippen LogP contribution in [0, 0.1) is 0 Å². The van der Waals surface area contributed by atoms with E-state index in [1.54, 1.807) is 0 Å². The molecule has 1 heterocycles. The Kier molecular flexibility index (Phi) is 5.20. The number of anilines is 1. The van der Waals surface area contributed by atoms with Crippen LogP contribution in [-0.4, -0.2) is 18.5 Å². The van der Waals surface area contributed by atoms with Crippen LogP contribution < -0.4 is 10.6 Å². The highest BCUT2D eigenvalue weighted by atomic mass is 79.9. The van der Waals surface area contributed by atoms with Gasteiger partial charge in [0.1, 0.15) is 0 Å². The first-order valence-corrected chi connectivity index (χ1v) is 7.33. The van der Waals surface area contributed by atoms with Crippen molar-refractivity contribution < 1.29 is 4.79 Å². The lowest BCUT2D eigenvalue weighted by atomic mass is 10.0. The van der Waals surface area contributed by atoms with Crippen LogP contribution in [0.2, 0.25) is 0 Å². The molecule has 0 radical (unpaired) electrons. The number of piperidine rings is 1. The summed E-state index contributed by atoms with van der Waals surface area (Å²) in [6, 6.07) is 8.21. The van der Waals surface area contributed by atoms with Gasteiger partial charge in [0.2, 0.25) is 5.91 Å². The molecule has 98 valence electrons. The molecule has 1 aromatic rings. The summed E-state index contributed by atoms with van der Waals surface area (Å²) in [5.41, 5.74) is 0.846. The number of hydrogen-bond acceptors (Lipinski definition) is 2. The smallest absolute Gasteiger partial charge is 0.224 e. The van der Waals surface area contributed by atoms with E-state index in [0.29, 0.717) is 12.5 Å². The normalized spacial score (nSPS) is 19.5. The van der Waals surface area contributed by atoms with Crippen LogP contribution in [0.4, 0.5) is 5.69 Å². The Balaban J connectivity index is 1.76. The molecule has 0 saturated carbocycles. The minimum Gasteiger partial charge on any atom is -0.325 e. The van der Waals surface area contributed by atoms with E-state index in [1.165, 1.54) is 19.3 Å². The summed E-state index contributed by atoms with van der Waals surface area (Å²) in [5, 5.41) is 6.40. The number of para-hydroxylation sites is 1. The van der Waals surface area contributed by atoms with Crippen LogP contribution in [0.25, 0.3) is 0 Å².